The van der Waals surface area contributed by atoms with Gasteiger partial charge in [-0.1, -0.05) is 59.1 Å². The summed E-state index contributed by atoms with van der Waals surface area (Å²) in [4.78, 5) is 12.5. The van der Waals surface area contributed by atoms with Gasteiger partial charge in [-0.3, -0.25) is 9.10 Å². The monoisotopic (exact) mass is 520 g/mol. The largest absolute Gasteiger partial charge is 0.491 e. The van der Waals surface area contributed by atoms with Crippen molar-refractivity contribution < 1.29 is 17.9 Å². The fraction of sp³-hybridized carbons (Fsp3) is 0.240. The van der Waals surface area contributed by atoms with Crippen LogP contribution in [0.2, 0.25) is 10.0 Å². The van der Waals surface area contributed by atoms with Crippen molar-refractivity contribution in [2.24, 2.45) is 0 Å². The molecule has 0 atom stereocenters. The fourth-order valence-electron chi connectivity index (χ4n) is 3.41. The molecule has 180 valence electrons. The summed E-state index contributed by atoms with van der Waals surface area (Å²) in [5, 5.41) is 3.29. The molecule has 0 unspecified atom stereocenters. The minimum Gasteiger partial charge on any atom is -0.491 e. The average Bonchev–Trinajstić information content (AvgIpc) is 2.76. The molecule has 0 heterocycles. The van der Waals surface area contributed by atoms with Gasteiger partial charge in [0.15, 0.2) is 0 Å². The van der Waals surface area contributed by atoms with E-state index in [0.717, 1.165) is 27.4 Å². The summed E-state index contributed by atoms with van der Waals surface area (Å²) in [6, 6.07) is 17.4. The van der Waals surface area contributed by atoms with E-state index in [1.54, 1.807) is 42.5 Å². The first-order valence-electron chi connectivity index (χ1n) is 10.5. The second-order valence-electron chi connectivity index (χ2n) is 7.91. The first kappa shape index (κ1) is 25.9. The van der Waals surface area contributed by atoms with Crippen LogP contribution >= 0.6 is 23.2 Å². The lowest BCUT2D eigenvalue weighted by molar-refractivity contribution is 0.0947. The van der Waals surface area contributed by atoms with Crippen molar-refractivity contribution in [3.05, 3.63) is 93.0 Å². The van der Waals surface area contributed by atoms with Crippen molar-refractivity contribution in [3.8, 4) is 5.75 Å². The Morgan fingerprint density at radius 1 is 1.00 bits per heavy atom. The van der Waals surface area contributed by atoms with Crippen LogP contribution in [0.3, 0.4) is 0 Å². The summed E-state index contributed by atoms with van der Waals surface area (Å²) in [7, 11) is -3.66. The van der Waals surface area contributed by atoms with Crippen LogP contribution in [0.1, 0.15) is 27.0 Å². The number of hydrogen-bond donors (Lipinski definition) is 1. The molecule has 6 nitrogen and oxygen atoms in total. The zero-order valence-electron chi connectivity index (χ0n) is 19.1. The lowest BCUT2D eigenvalue weighted by atomic mass is 10.1. The molecule has 0 bridgehead atoms. The van der Waals surface area contributed by atoms with Crippen molar-refractivity contribution in [1.82, 2.24) is 5.32 Å². The third-order valence-corrected chi connectivity index (χ3v) is 6.83. The van der Waals surface area contributed by atoms with E-state index in [0.29, 0.717) is 24.3 Å². The SMILES string of the molecule is Cc1ccc(OCCNC(=O)c2ccc(CN(c3c(Cl)cccc3Cl)S(C)(=O)=O)cc2)c(C)c1. The lowest BCUT2D eigenvalue weighted by Gasteiger charge is -2.24. The molecule has 3 aromatic rings. The number of carbonyl (C=O) groups excluding carboxylic acids is 1. The molecule has 9 heteroatoms. The molecular weight excluding hydrogens is 495 g/mol. The molecule has 3 rings (SSSR count). The number of aryl methyl sites for hydroxylation is 2. The number of carbonyl (C=O) groups is 1. The van der Waals surface area contributed by atoms with Gasteiger partial charge in [-0.05, 0) is 55.3 Å². The highest BCUT2D eigenvalue weighted by atomic mass is 35.5. The zero-order chi connectivity index (χ0) is 24.9. The number of benzene rings is 3. The fourth-order valence-corrected chi connectivity index (χ4v) is 5.02. The number of anilines is 1. The summed E-state index contributed by atoms with van der Waals surface area (Å²) in [6.07, 6.45) is 1.09. The number of nitrogens with one attached hydrogen (secondary N) is 1. The molecule has 1 N–H and O–H groups in total. The van der Waals surface area contributed by atoms with Gasteiger partial charge < -0.3 is 10.1 Å². The van der Waals surface area contributed by atoms with E-state index in [1.807, 2.05) is 32.0 Å². The highest BCUT2D eigenvalue weighted by Crippen LogP contribution is 2.35. The normalized spacial score (nSPS) is 11.2. The summed E-state index contributed by atoms with van der Waals surface area (Å²) < 4.78 is 31.8. The third kappa shape index (κ3) is 6.65. The van der Waals surface area contributed by atoms with Gasteiger partial charge in [0, 0.05) is 5.56 Å². The number of halogens is 2. The van der Waals surface area contributed by atoms with E-state index in [9.17, 15) is 13.2 Å². The van der Waals surface area contributed by atoms with Crippen LogP contribution in [-0.2, 0) is 16.6 Å². The predicted octanol–water partition coefficient (Wildman–Crippen LogP) is 5.39. The van der Waals surface area contributed by atoms with Gasteiger partial charge in [-0.25, -0.2) is 8.42 Å². The van der Waals surface area contributed by atoms with Gasteiger partial charge >= 0.3 is 0 Å². The molecular formula is C25H26Cl2N2O4S. The molecule has 0 fully saturated rings. The maximum atomic E-state index is 12.5. The molecule has 0 aromatic heterocycles. The average molecular weight is 521 g/mol. The number of ether oxygens (including phenoxy) is 1. The molecule has 0 aliphatic heterocycles. The molecule has 0 saturated carbocycles. The van der Waals surface area contributed by atoms with E-state index in [2.05, 4.69) is 5.32 Å². The summed E-state index contributed by atoms with van der Waals surface area (Å²) in [6.45, 7) is 4.71. The Labute approximate surface area is 210 Å². The third-order valence-electron chi connectivity index (χ3n) is 5.11. The Morgan fingerprint density at radius 3 is 2.24 bits per heavy atom. The van der Waals surface area contributed by atoms with Gasteiger partial charge in [0.2, 0.25) is 10.0 Å². The molecule has 3 aromatic carbocycles. The minimum absolute atomic E-state index is 0.0218. The van der Waals surface area contributed by atoms with Crippen molar-refractivity contribution in [2.45, 2.75) is 20.4 Å². The molecule has 0 aliphatic carbocycles. The number of hydrogen-bond acceptors (Lipinski definition) is 4. The Kier molecular flexibility index (Phi) is 8.47. The van der Waals surface area contributed by atoms with Crippen LogP contribution < -0.4 is 14.4 Å². The highest BCUT2D eigenvalue weighted by molar-refractivity contribution is 7.92. The van der Waals surface area contributed by atoms with E-state index in [1.165, 1.54) is 0 Å². The van der Waals surface area contributed by atoms with Gasteiger partial charge in [0.05, 0.1) is 35.1 Å². The van der Waals surface area contributed by atoms with Crippen LogP contribution in [0, 0.1) is 13.8 Å². The lowest BCUT2D eigenvalue weighted by Crippen LogP contribution is -2.30. The van der Waals surface area contributed by atoms with Gasteiger partial charge in [-0.2, -0.15) is 0 Å². The van der Waals surface area contributed by atoms with E-state index < -0.39 is 10.0 Å². The summed E-state index contributed by atoms with van der Waals surface area (Å²) >= 11 is 12.4. The summed E-state index contributed by atoms with van der Waals surface area (Å²) in [5.74, 6) is 0.545. The van der Waals surface area contributed by atoms with E-state index in [4.69, 9.17) is 27.9 Å². The predicted molar refractivity (Wildman–Crippen MR) is 138 cm³/mol. The van der Waals surface area contributed by atoms with Crippen LogP contribution in [0.4, 0.5) is 5.69 Å². The summed E-state index contributed by atoms with van der Waals surface area (Å²) in [5.41, 5.74) is 3.56. The topological polar surface area (TPSA) is 75.7 Å². The number of para-hydroxylation sites is 1. The molecule has 0 saturated heterocycles. The maximum absolute atomic E-state index is 12.5. The Hall–Kier alpha value is -2.74. The van der Waals surface area contributed by atoms with Crippen LogP contribution in [0.25, 0.3) is 0 Å². The number of sulfonamides is 1. The molecule has 0 spiro atoms. The van der Waals surface area contributed by atoms with E-state index in [-0.39, 0.29) is 28.2 Å². The van der Waals surface area contributed by atoms with Crippen LogP contribution in [-0.4, -0.2) is 33.7 Å². The number of amides is 1. The second-order valence-corrected chi connectivity index (χ2v) is 10.6. The van der Waals surface area contributed by atoms with Crippen molar-refractivity contribution in [1.29, 1.82) is 0 Å². The minimum atomic E-state index is -3.66. The van der Waals surface area contributed by atoms with Crippen molar-refractivity contribution >= 4 is 44.8 Å². The molecule has 0 radical (unpaired) electrons. The number of rotatable bonds is 9. The van der Waals surface area contributed by atoms with Gasteiger partial charge in [0.25, 0.3) is 5.91 Å². The maximum Gasteiger partial charge on any atom is 0.251 e. The number of nitrogens with zero attached hydrogens (tertiary/aromatic N) is 1. The van der Waals surface area contributed by atoms with Crippen molar-refractivity contribution in [2.75, 3.05) is 23.7 Å². The molecule has 1 amide bonds. The first-order valence-corrected chi connectivity index (χ1v) is 13.2. The highest BCUT2D eigenvalue weighted by Gasteiger charge is 2.23. The van der Waals surface area contributed by atoms with E-state index >= 15 is 0 Å². The zero-order valence-corrected chi connectivity index (χ0v) is 21.5. The quantitative estimate of drug-likeness (QED) is 0.384. The molecule has 34 heavy (non-hydrogen) atoms. The Morgan fingerprint density at radius 2 is 1.65 bits per heavy atom. The van der Waals surface area contributed by atoms with Crippen LogP contribution in [0.5, 0.6) is 5.75 Å². The Balaban J connectivity index is 1.61. The second kappa shape index (κ2) is 11.1. The van der Waals surface area contributed by atoms with Crippen molar-refractivity contribution in [3.63, 3.8) is 0 Å². The molecule has 0 aliphatic rings. The van der Waals surface area contributed by atoms with Gasteiger partial charge in [-0.15, -0.1) is 0 Å². The van der Waals surface area contributed by atoms with Gasteiger partial charge in [0.1, 0.15) is 12.4 Å². The standard InChI is InChI=1S/C25H26Cl2N2O4S/c1-17-7-12-23(18(2)15-17)33-14-13-28-25(30)20-10-8-19(9-11-20)16-29(34(3,31)32)24-21(26)5-4-6-22(24)27/h4-12,15H,13-14,16H2,1-3H3,(H,28,30). The Bertz CT molecular complexity index is 1260. The smallest absolute Gasteiger partial charge is 0.251 e. The first-order chi connectivity index (χ1) is 16.1. The van der Waals surface area contributed by atoms with Crippen LogP contribution in [0.15, 0.2) is 60.7 Å².